The molecule has 6 heteroatoms. The van der Waals surface area contributed by atoms with Crippen molar-refractivity contribution in [2.75, 3.05) is 13.1 Å². The Balaban J connectivity index is 1.55. The molecule has 0 unspecified atom stereocenters. The first kappa shape index (κ1) is 16.2. The molecular weight excluding hydrogens is 312 g/mol. The molecule has 0 bridgehead atoms. The van der Waals surface area contributed by atoms with Gasteiger partial charge in [-0.2, -0.15) is 0 Å². The highest BCUT2D eigenvalue weighted by Gasteiger charge is 2.24. The molecule has 1 aliphatic heterocycles. The number of rotatable bonds is 5. The number of carboxylic acids is 1. The molecule has 3 rings (SSSR count). The summed E-state index contributed by atoms with van der Waals surface area (Å²) in [5.74, 6) is 1.64. The topological polar surface area (TPSA) is 66.6 Å². The van der Waals surface area contributed by atoms with Gasteiger partial charge in [-0.3, -0.25) is 9.69 Å². The van der Waals surface area contributed by atoms with Crippen molar-refractivity contribution in [3.05, 3.63) is 39.2 Å². The minimum absolute atomic E-state index is 0.0223. The number of carbonyl (C=O) groups is 1. The molecule has 3 heterocycles. The summed E-state index contributed by atoms with van der Waals surface area (Å²) in [6, 6.07) is 2.13. The molecule has 2 aromatic heterocycles. The summed E-state index contributed by atoms with van der Waals surface area (Å²) in [6.45, 7) is 7.04. The number of thiazole rings is 1. The number of likely N-dealkylation sites (tertiary alicyclic amines) is 1. The summed E-state index contributed by atoms with van der Waals surface area (Å²) in [7, 11) is 0. The van der Waals surface area contributed by atoms with Crippen LogP contribution in [0.2, 0.25) is 0 Å². The molecule has 0 aromatic carbocycles. The van der Waals surface area contributed by atoms with Crippen LogP contribution in [0, 0.1) is 13.8 Å². The van der Waals surface area contributed by atoms with Crippen LogP contribution >= 0.6 is 11.3 Å². The predicted molar refractivity (Wildman–Crippen MR) is 88.9 cm³/mol. The lowest BCUT2D eigenvalue weighted by molar-refractivity contribution is -0.136. The summed E-state index contributed by atoms with van der Waals surface area (Å²) < 4.78 is 5.60. The Labute approximate surface area is 140 Å². The van der Waals surface area contributed by atoms with E-state index in [1.807, 2.05) is 19.2 Å². The zero-order valence-electron chi connectivity index (χ0n) is 13.5. The van der Waals surface area contributed by atoms with Gasteiger partial charge in [0.1, 0.15) is 11.5 Å². The fourth-order valence-corrected chi connectivity index (χ4v) is 4.16. The third-order valence-electron chi connectivity index (χ3n) is 4.38. The molecule has 23 heavy (non-hydrogen) atoms. The van der Waals surface area contributed by atoms with Crippen LogP contribution < -0.4 is 0 Å². The van der Waals surface area contributed by atoms with Gasteiger partial charge in [-0.15, -0.1) is 11.3 Å². The molecule has 0 amide bonds. The van der Waals surface area contributed by atoms with Crippen LogP contribution in [0.4, 0.5) is 0 Å². The molecule has 124 valence electrons. The van der Waals surface area contributed by atoms with Crippen molar-refractivity contribution in [2.24, 2.45) is 0 Å². The van der Waals surface area contributed by atoms with Crippen molar-refractivity contribution in [1.82, 2.24) is 9.88 Å². The van der Waals surface area contributed by atoms with Crippen LogP contribution in [-0.4, -0.2) is 34.0 Å². The van der Waals surface area contributed by atoms with Crippen LogP contribution in [-0.2, 0) is 17.8 Å². The fourth-order valence-electron chi connectivity index (χ4n) is 3.17. The van der Waals surface area contributed by atoms with E-state index in [2.05, 4.69) is 16.0 Å². The number of hydrogen-bond donors (Lipinski definition) is 1. The first-order chi connectivity index (χ1) is 11.0. The van der Waals surface area contributed by atoms with Gasteiger partial charge < -0.3 is 9.52 Å². The Kier molecular flexibility index (Phi) is 4.82. The summed E-state index contributed by atoms with van der Waals surface area (Å²) in [5.41, 5.74) is 1.96. The van der Waals surface area contributed by atoms with E-state index in [-0.39, 0.29) is 6.42 Å². The van der Waals surface area contributed by atoms with Crippen LogP contribution in [0.1, 0.15) is 46.5 Å². The second-order valence-electron chi connectivity index (χ2n) is 6.24. The summed E-state index contributed by atoms with van der Waals surface area (Å²) in [5, 5.41) is 11.8. The number of nitrogens with zero attached hydrogens (tertiary/aromatic N) is 2. The molecular formula is C17H22N2O3S. The smallest absolute Gasteiger partial charge is 0.309 e. The number of aryl methyl sites for hydroxylation is 2. The maximum atomic E-state index is 10.8. The molecule has 1 aliphatic rings. The molecule has 5 nitrogen and oxygen atoms in total. The van der Waals surface area contributed by atoms with Crippen LogP contribution in [0.25, 0.3) is 0 Å². The van der Waals surface area contributed by atoms with Gasteiger partial charge in [0.15, 0.2) is 0 Å². The summed E-state index contributed by atoms with van der Waals surface area (Å²) >= 11 is 1.60. The Morgan fingerprint density at radius 2 is 2.17 bits per heavy atom. The maximum absolute atomic E-state index is 10.8. The van der Waals surface area contributed by atoms with Crippen LogP contribution in [0.5, 0.6) is 0 Å². The van der Waals surface area contributed by atoms with Crippen molar-refractivity contribution in [3.63, 3.8) is 0 Å². The number of aromatic nitrogens is 1. The molecule has 0 saturated carbocycles. The fraction of sp³-hybridized carbons (Fsp3) is 0.529. The van der Waals surface area contributed by atoms with E-state index >= 15 is 0 Å². The third kappa shape index (κ3) is 4.00. The highest BCUT2D eigenvalue weighted by atomic mass is 32.1. The first-order valence-corrected chi connectivity index (χ1v) is 8.83. The molecule has 1 saturated heterocycles. The lowest BCUT2D eigenvalue weighted by Crippen LogP contribution is -2.32. The third-order valence-corrected chi connectivity index (χ3v) is 5.43. The molecule has 2 aromatic rings. The van der Waals surface area contributed by atoms with E-state index in [1.165, 1.54) is 5.56 Å². The van der Waals surface area contributed by atoms with E-state index in [9.17, 15) is 4.79 Å². The van der Waals surface area contributed by atoms with Gasteiger partial charge in [-0.25, -0.2) is 4.98 Å². The maximum Gasteiger partial charge on any atom is 0.309 e. The van der Waals surface area contributed by atoms with Gasteiger partial charge in [0, 0.05) is 23.4 Å². The number of furan rings is 1. The average Bonchev–Trinajstić information content (AvgIpc) is 3.06. The average molecular weight is 334 g/mol. The molecule has 0 spiro atoms. The van der Waals surface area contributed by atoms with Gasteiger partial charge in [0.2, 0.25) is 0 Å². The minimum atomic E-state index is -0.817. The van der Waals surface area contributed by atoms with E-state index < -0.39 is 5.97 Å². The van der Waals surface area contributed by atoms with Crippen molar-refractivity contribution < 1.29 is 14.3 Å². The Morgan fingerprint density at radius 3 is 2.78 bits per heavy atom. The SMILES string of the molecule is Cc1cc(CN2CCC(c3nc(CC(=O)O)cs3)CC2)c(C)o1. The predicted octanol–water partition coefficient (Wildman–Crippen LogP) is 3.36. The monoisotopic (exact) mass is 334 g/mol. The normalized spacial score (nSPS) is 16.8. The summed E-state index contributed by atoms with van der Waals surface area (Å²) in [6.07, 6.45) is 2.18. The highest BCUT2D eigenvalue weighted by Crippen LogP contribution is 2.31. The van der Waals surface area contributed by atoms with E-state index in [1.54, 1.807) is 11.3 Å². The molecule has 1 fully saturated rings. The number of hydrogen-bond acceptors (Lipinski definition) is 5. The molecule has 0 radical (unpaired) electrons. The summed E-state index contributed by atoms with van der Waals surface area (Å²) in [4.78, 5) is 17.7. The Bertz CT molecular complexity index is 684. The molecule has 0 aliphatic carbocycles. The molecule has 1 N–H and O–H groups in total. The zero-order valence-corrected chi connectivity index (χ0v) is 14.4. The second kappa shape index (κ2) is 6.84. The lowest BCUT2D eigenvalue weighted by atomic mass is 9.97. The van der Waals surface area contributed by atoms with E-state index in [0.29, 0.717) is 11.6 Å². The molecule has 0 atom stereocenters. The number of aliphatic carboxylic acids is 1. The van der Waals surface area contributed by atoms with E-state index in [0.717, 1.165) is 49.0 Å². The first-order valence-electron chi connectivity index (χ1n) is 7.95. The van der Waals surface area contributed by atoms with Crippen LogP contribution in [0.15, 0.2) is 15.9 Å². The van der Waals surface area contributed by atoms with Crippen molar-refractivity contribution in [1.29, 1.82) is 0 Å². The van der Waals surface area contributed by atoms with Gasteiger partial charge in [0.05, 0.1) is 17.1 Å². The minimum Gasteiger partial charge on any atom is -0.481 e. The lowest BCUT2D eigenvalue weighted by Gasteiger charge is -2.30. The van der Waals surface area contributed by atoms with Gasteiger partial charge in [-0.1, -0.05) is 0 Å². The highest BCUT2D eigenvalue weighted by molar-refractivity contribution is 7.09. The quantitative estimate of drug-likeness (QED) is 0.908. The number of piperidine rings is 1. The van der Waals surface area contributed by atoms with Gasteiger partial charge in [0.25, 0.3) is 0 Å². The number of carboxylic acid groups (broad SMARTS) is 1. The standard InChI is InChI=1S/C17H22N2O3S/c1-11-7-14(12(2)22-11)9-19-5-3-13(4-6-19)17-18-15(10-23-17)8-16(20)21/h7,10,13H,3-6,8-9H2,1-2H3,(H,20,21). The zero-order chi connectivity index (χ0) is 16.4. The van der Waals surface area contributed by atoms with Crippen molar-refractivity contribution in [2.45, 2.75) is 45.6 Å². The van der Waals surface area contributed by atoms with Crippen molar-refractivity contribution >= 4 is 17.3 Å². The van der Waals surface area contributed by atoms with Gasteiger partial charge in [-0.05, 0) is 45.8 Å². The second-order valence-corrected chi connectivity index (χ2v) is 7.13. The van der Waals surface area contributed by atoms with Gasteiger partial charge >= 0.3 is 5.97 Å². The van der Waals surface area contributed by atoms with Crippen molar-refractivity contribution in [3.8, 4) is 0 Å². The van der Waals surface area contributed by atoms with E-state index in [4.69, 9.17) is 9.52 Å². The largest absolute Gasteiger partial charge is 0.481 e. The van der Waals surface area contributed by atoms with Crippen LogP contribution in [0.3, 0.4) is 0 Å². The Hall–Kier alpha value is -1.66. The Morgan fingerprint density at radius 1 is 1.43 bits per heavy atom.